The number of alkyl halides is 3. The average Bonchev–Trinajstić information content (AvgIpc) is 2.46. The summed E-state index contributed by atoms with van der Waals surface area (Å²) in [5.41, 5.74) is 0.559. The molecule has 112 valence electrons. The second-order valence-corrected chi connectivity index (χ2v) is 4.07. The lowest BCUT2D eigenvalue weighted by atomic mass is 10.3. The molecular weight excluding hydrogens is 285 g/mol. The summed E-state index contributed by atoms with van der Waals surface area (Å²) in [6.45, 7) is 0. The van der Waals surface area contributed by atoms with E-state index in [0.29, 0.717) is 11.4 Å². The molecule has 0 unspecified atom stereocenters. The molecule has 0 amide bonds. The van der Waals surface area contributed by atoms with Gasteiger partial charge in [-0.25, -0.2) is 9.97 Å². The number of aromatic nitrogens is 2. The number of halogens is 3. The Hall–Kier alpha value is -2.51. The number of hydrogen-bond donors (Lipinski definition) is 2. The fraction of sp³-hybridized carbons (Fsp3) is 0.231. The maximum Gasteiger partial charge on any atom is 0.451 e. The molecule has 0 bridgehead atoms. The van der Waals surface area contributed by atoms with E-state index < -0.39 is 12.0 Å². The SMILES string of the molecule is CNc1cc(Nc2cccc(OC)c2)nc(C(F)(F)F)n1. The molecule has 0 radical (unpaired) electrons. The van der Waals surface area contributed by atoms with Crippen LogP contribution in [-0.4, -0.2) is 24.1 Å². The highest BCUT2D eigenvalue weighted by atomic mass is 19.4. The first-order chi connectivity index (χ1) is 9.92. The molecule has 21 heavy (non-hydrogen) atoms. The highest BCUT2D eigenvalue weighted by molar-refractivity contribution is 5.60. The largest absolute Gasteiger partial charge is 0.497 e. The Bertz CT molecular complexity index is 631. The van der Waals surface area contributed by atoms with E-state index in [1.807, 2.05) is 0 Å². The molecule has 1 heterocycles. The van der Waals surface area contributed by atoms with Crippen LogP contribution in [0.4, 0.5) is 30.5 Å². The van der Waals surface area contributed by atoms with Crippen LogP contribution in [0.5, 0.6) is 5.75 Å². The predicted molar refractivity (Wildman–Crippen MR) is 72.9 cm³/mol. The minimum absolute atomic E-state index is 0.0370. The number of methoxy groups -OCH3 is 1. The topological polar surface area (TPSA) is 59.1 Å². The Morgan fingerprint density at radius 2 is 1.81 bits per heavy atom. The van der Waals surface area contributed by atoms with Gasteiger partial charge < -0.3 is 15.4 Å². The maximum atomic E-state index is 12.7. The minimum atomic E-state index is -4.61. The van der Waals surface area contributed by atoms with Crippen LogP contribution in [0.25, 0.3) is 0 Å². The summed E-state index contributed by atoms with van der Waals surface area (Å²) in [5, 5.41) is 5.37. The summed E-state index contributed by atoms with van der Waals surface area (Å²) < 4.78 is 43.3. The lowest BCUT2D eigenvalue weighted by molar-refractivity contribution is -0.144. The molecule has 0 saturated heterocycles. The van der Waals surface area contributed by atoms with Crippen molar-refractivity contribution in [2.75, 3.05) is 24.8 Å². The molecule has 0 atom stereocenters. The van der Waals surface area contributed by atoms with Crippen molar-refractivity contribution in [3.8, 4) is 5.75 Å². The number of nitrogens with zero attached hydrogens (tertiary/aromatic N) is 2. The monoisotopic (exact) mass is 298 g/mol. The smallest absolute Gasteiger partial charge is 0.451 e. The van der Waals surface area contributed by atoms with Crippen LogP contribution < -0.4 is 15.4 Å². The fourth-order valence-electron chi connectivity index (χ4n) is 1.61. The van der Waals surface area contributed by atoms with Gasteiger partial charge in [-0.3, -0.25) is 0 Å². The first kappa shape index (κ1) is 14.9. The van der Waals surface area contributed by atoms with Gasteiger partial charge in [0, 0.05) is 24.9 Å². The van der Waals surface area contributed by atoms with Gasteiger partial charge >= 0.3 is 6.18 Å². The Morgan fingerprint density at radius 3 is 2.43 bits per heavy atom. The van der Waals surface area contributed by atoms with Crippen LogP contribution in [0.2, 0.25) is 0 Å². The van der Waals surface area contributed by atoms with Crippen molar-refractivity contribution in [1.29, 1.82) is 0 Å². The van der Waals surface area contributed by atoms with Crippen molar-refractivity contribution in [2.45, 2.75) is 6.18 Å². The quantitative estimate of drug-likeness (QED) is 0.907. The highest BCUT2D eigenvalue weighted by Crippen LogP contribution is 2.29. The summed E-state index contributed by atoms with van der Waals surface area (Å²) in [4.78, 5) is 6.86. The average molecular weight is 298 g/mol. The number of hydrogen-bond acceptors (Lipinski definition) is 5. The number of ether oxygens (including phenoxy) is 1. The summed E-state index contributed by atoms with van der Waals surface area (Å²) in [6.07, 6.45) is -4.61. The molecule has 0 aliphatic carbocycles. The minimum Gasteiger partial charge on any atom is -0.497 e. The second-order valence-electron chi connectivity index (χ2n) is 4.07. The maximum absolute atomic E-state index is 12.7. The normalized spacial score (nSPS) is 11.1. The Kier molecular flexibility index (Phi) is 4.15. The van der Waals surface area contributed by atoms with Crippen molar-refractivity contribution in [3.63, 3.8) is 0 Å². The van der Waals surface area contributed by atoms with Gasteiger partial charge in [0.2, 0.25) is 5.82 Å². The van der Waals surface area contributed by atoms with E-state index >= 15 is 0 Å². The summed E-state index contributed by atoms with van der Waals surface area (Å²) >= 11 is 0. The number of nitrogens with one attached hydrogen (secondary N) is 2. The molecule has 0 aliphatic rings. The molecule has 0 spiro atoms. The van der Waals surface area contributed by atoms with Gasteiger partial charge in [0.15, 0.2) is 0 Å². The van der Waals surface area contributed by atoms with Crippen molar-refractivity contribution in [3.05, 3.63) is 36.2 Å². The molecule has 5 nitrogen and oxygen atoms in total. The Labute approximate surface area is 119 Å². The molecule has 1 aromatic heterocycles. The summed E-state index contributed by atoms with van der Waals surface area (Å²) in [5.74, 6) is -0.517. The molecular formula is C13H13F3N4O. The molecule has 2 aromatic rings. The first-order valence-electron chi connectivity index (χ1n) is 5.97. The molecule has 2 N–H and O–H groups in total. The standard InChI is InChI=1S/C13H13F3N4O/c1-17-10-7-11(20-12(19-10)13(14,15)16)18-8-4-3-5-9(6-8)21-2/h3-7H,1-2H3,(H2,17,18,19,20). The van der Waals surface area contributed by atoms with E-state index in [9.17, 15) is 13.2 Å². The van der Waals surface area contributed by atoms with Gasteiger partial charge in [-0.05, 0) is 12.1 Å². The fourth-order valence-corrected chi connectivity index (χ4v) is 1.61. The Balaban J connectivity index is 2.34. The Morgan fingerprint density at radius 1 is 1.10 bits per heavy atom. The van der Waals surface area contributed by atoms with E-state index in [2.05, 4.69) is 20.6 Å². The molecule has 0 aliphatic heterocycles. The zero-order valence-corrected chi connectivity index (χ0v) is 11.3. The lowest BCUT2D eigenvalue weighted by Gasteiger charge is -2.12. The van der Waals surface area contributed by atoms with E-state index in [1.165, 1.54) is 20.2 Å². The number of rotatable bonds is 4. The van der Waals surface area contributed by atoms with E-state index in [0.717, 1.165) is 0 Å². The third-order valence-electron chi connectivity index (χ3n) is 2.58. The van der Waals surface area contributed by atoms with E-state index in [1.54, 1.807) is 24.3 Å². The van der Waals surface area contributed by atoms with Crippen LogP contribution in [-0.2, 0) is 6.18 Å². The zero-order chi connectivity index (χ0) is 15.5. The van der Waals surface area contributed by atoms with Crippen LogP contribution in [0.3, 0.4) is 0 Å². The molecule has 1 aromatic carbocycles. The zero-order valence-electron chi connectivity index (χ0n) is 11.3. The van der Waals surface area contributed by atoms with Gasteiger partial charge in [-0.15, -0.1) is 0 Å². The van der Waals surface area contributed by atoms with E-state index in [-0.39, 0.29) is 11.6 Å². The van der Waals surface area contributed by atoms with Crippen molar-refractivity contribution < 1.29 is 17.9 Å². The van der Waals surface area contributed by atoms with Crippen LogP contribution in [0, 0.1) is 0 Å². The van der Waals surface area contributed by atoms with Crippen LogP contribution in [0.15, 0.2) is 30.3 Å². The molecule has 8 heteroatoms. The lowest BCUT2D eigenvalue weighted by Crippen LogP contribution is -2.13. The highest BCUT2D eigenvalue weighted by Gasteiger charge is 2.35. The summed E-state index contributed by atoms with van der Waals surface area (Å²) in [7, 11) is 2.99. The second kappa shape index (κ2) is 5.86. The molecule has 2 rings (SSSR count). The van der Waals surface area contributed by atoms with Crippen LogP contribution in [0.1, 0.15) is 5.82 Å². The van der Waals surface area contributed by atoms with Gasteiger partial charge in [0.1, 0.15) is 17.4 Å². The summed E-state index contributed by atoms with van der Waals surface area (Å²) in [6, 6.07) is 8.16. The van der Waals surface area contributed by atoms with Crippen LogP contribution >= 0.6 is 0 Å². The first-order valence-corrected chi connectivity index (χ1v) is 5.97. The van der Waals surface area contributed by atoms with Crippen molar-refractivity contribution >= 4 is 17.3 Å². The third kappa shape index (κ3) is 3.74. The van der Waals surface area contributed by atoms with Crippen molar-refractivity contribution in [2.24, 2.45) is 0 Å². The number of anilines is 3. The third-order valence-corrected chi connectivity index (χ3v) is 2.58. The molecule has 0 fully saturated rings. The van der Waals surface area contributed by atoms with Gasteiger partial charge in [-0.2, -0.15) is 13.2 Å². The van der Waals surface area contributed by atoms with Gasteiger partial charge in [-0.1, -0.05) is 6.07 Å². The van der Waals surface area contributed by atoms with E-state index in [4.69, 9.17) is 4.74 Å². The predicted octanol–water partition coefficient (Wildman–Crippen LogP) is 3.29. The molecule has 0 saturated carbocycles. The number of benzene rings is 1. The van der Waals surface area contributed by atoms with Gasteiger partial charge in [0.05, 0.1) is 7.11 Å². The van der Waals surface area contributed by atoms with Crippen molar-refractivity contribution in [1.82, 2.24) is 9.97 Å². The van der Waals surface area contributed by atoms with Gasteiger partial charge in [0.25, 0.3) is 0 Å².